The van der Waals surface area contributed by atoms with Gasteiger partial charge >= 0.3 is 5.97 Å². The first-order chi connectivity index (χ1) is 17.7. The van der Waals surface area contributed by atoms with E-state index >= 15 is 0 Å². The van der Waals surface area contributed by atoms with Gasteiger partial charge in [0, 0.05) is 65.7 Å². The lowest BCUT2D eigenvalue weighted by atomic mass is 9.85. The fourth-order valence-electron chi connectivity index (χ4n) is 5.41. The first-order valence-electron chi connectivity index (χ1n) is 12.9. The van der Waals surface area contributed by atoms with Gasteiger partial charge in [-0.2, -0.15) is 0 Å². The van der Waals surface area contributed by atoms with Crippen LogP contribution in [0.2, 0.25) is 0 Å². The van der Waals surface area contributed by atoms with Crippen molar-refractivity contribution in [3.8, 4) is 5.75 Å². The number of carbonyl (C=O) groups is 1. The summed E-state index contributed by atoms with van der Waals surface area (Å²) in [5.41, 5.74) is 2.21. The molecule has 1 aliphatic heterocycles. The van der Waals surface area contributed by atoms with Gasteiger partial charge in [-0.3, -0.25) is 9.88 Å². The van der Waals surface area contributed by atoms with E-state index in [1.54, 1.807) is 19.3 Å². The van der Waals surface area contributed by atoms with Crippen LogP contribution < -0.4 is 0 Å². The molecule has 5 rings (SSSR count). The zero-order chi connectivity index (χ0) is 26.3. The van der Waals surface area contributed by atoms with Gasteiger partial charge < -0.3 is 19.2 Å². The zero-order valence-electron chi connectivity index (χ0n) is 22.2. The minimum atomic E-state index is -0.463. The number of likely N-dealkylation sites (N-methyl/N-ethyl adjacent to an activating group) is 1. The first-order valence-corrected chi connectivity index (χ1v) is 12.9. The summed E-state index contributed by atoms with van der Waals surface area (Å²) in [6.07, 6.45) is 3.55. The Morgan fingerprint density at radius 3 is 2.35 bits per heavy atom. The van der Waals surface area contributed by atoms with Gasteiger partial charge in [-0.1, -0.05) is 45.0 Å². The van der Waals surface area contributed by atoms with Gasteiger partial charge in [0.2, 0.25) is 0 Å². The predicted molar refractivity (Wildman–Crippen MR) is 145 cm³/mol. The maximum Gasteiger partial charge on any atom is 0.342 e. The highest BCUT2D eigenvalue weighted by Gasteiger charge is 2.37. The minimum Gasteiger partial charge on any atom is -0.507 e. The van der Waals surface area contributed by atoms with E-state index in [-0.39, 0.29) is 18.4 Å². The maximum absolute atomic E-state index is 13.6. The summed E-state index contributed by atoms with van der Waals surface area (Å²) in [4.78, 5) is 22.5. The number of esters is 1. The fourth-order valence-corrected chi connectivity index (χ4v) is 5.41. The summed E-state index contributed by atoms with van der Waals surface area (Å²) in [5.74, 6) is 0.286. The van der Waals surface area contributed by atoms with Crippen molar-refractivity contribution in [2.45, 2.75) is 39.2 Å². The summed E-state index contributed by atoms with van der Waals surface area (Å²) >= 11 is 0. The quantitative estimate of drug-likeness (QED) is 0.362. The van der Waals surface area contributed by atoms with Crippen LogP contribution in [0.15, 0.2) is 53.2 Å². The predicted octanol–water partition coefficient (Wildman–Crippen LogP) is 5.50. The summed E-state index contributed by atoms with van der Waals surface area (Å²) in [6.45, 7) is 11.6. The highest BCUT2D eigenvalue weighted by atomic mass is 16.5. The highest BCUT2D eigenvalue weighted by molar-refractivity contribution is 6.17. The van der Waals surface area contributed by atoms with Crippen molar-refractivity contribution < 1.29 is 19.1 Å². The Bertz CT molecular complexity index is 1430. The minimum absolute atomic E-state index is 0.163. The van der Waals surface area contributed by atoms with Gasteiger partial charge in [0.1, 0.15) is 22.7 Å². The van der Waals surface area contributed by atoms with Crippen LogP contribution in [0, 0.1) is 0 Å². The third-order valence-electron chi connectivity index (χ3n) is 7.22. The second kappa shape index (κ2) is 9.80. The number of rotatable bonds is 5. The van der Waals surface area contributed by atoms with Crippen molar-refractivity contribution in [3.63, 3.8) is 0 Å². The average Bonchev–Trinajstić information content (AvgIpc) is 3.29. The van der Waals surface area contributed by atoms with Gasteiger partial charge in [-0.25, -0.2) is 4.79 Å². The molecule has 37 heavy (non-hydrogen) atoms. The summed E-state index contributed by atoms with van der Waals surface area (Å²) < 4.78 is 12.2. The van der Waals surface area contributed by atoms with Crippen LogP contribution >= 0.6 is 0 Å². The molecular weight excluding hydrogens is 466 g/mol. The number of phenols is 1. The fraction of sp³-hybridized carbons (Fsp3) is 0.400. The number of hydrogen-bond acceptors (Lipinski definition) is 7. The normalized spacial score (nSPS) is 16.4. The van der Waals surface area contributed by atoms with E-state index in [0.717, 1.165) is 37.1 Å². The smallest absolute Gasteiger partial charge is 0.342 e. The van der Waals surface area contributed by atoms with E-state index in [2.05, 4.69) is 21.8 Å². The van der Waals surface area contributed by atoms with Gasteiger partial charge in [0.05, 0.1) is 12.6 Å². The molecule has 4 aromatic rings. The zero-order valence-corrected chi connectivity index (χ0v) is 22.2. The number of benzene rings is 2. The van der Waals surface area contributed by atoms with E-state index < -0.39 is 11.4 Å². The number of aromatic nitrogens is 1. The molecule has 2 aromatic carbocycles. The lowest BCUT2D eigenvalue weighted by Crippen LogP contribution is -2.46. The molecule has 0 radical (unpaired) electrons. The Hall–Kier alpha value is -3.42. The summed E-state index contributed by atoms with van der Waals surface area (Å²) in [7, 11) is 2.12. The van der Waals surface area contributed by atoms with Crippen LogP contribution in [0.3, 0.4) is 0 Å². The number of carbonyl (C=O) groups excluding carboxylic acids is 1. The van der Waals surface area contributed by atoms with E-state index in [4.69, 9.17) is 9.15 Å². The Morgan fingerprint density at radius 1 is 1.08 bits per heavy atom. The summed E-state index contributed by atoms with van der Waals surface area (Å²) in [5, 5.41) is 14.1. The molecule has 0 saturated carbocycles. The molecule has 2 aromatic heterocycles. The molecule has 1 saturated heterocycles. The molecule has 1 atom stereocenters. The number of furan rings is 1. The Balaban J connectivity index is 1.92. The molecule has 0 bridgehead atoms. The van der Waals surface area contributed by atoms with E-state index in [1.165, 1.54) is 0 Å². The molecular formula is C30H35N3O4. The molecule has 1 aliphatic rings. The third-order valence-corrected chi connectivity index (χ3v) is 7.22. The number of phenolic OH excluding ortho intramolecular Hbond substituents is 1. The van der Waals surface area contributed by atoms with Crippen molar-refractivity contribution in [2.24, 2.45) is 0 Å². The number of nitrogens with zero attached hydrogens (tertiary/aromatic N) is 3. The van der Waals surface area contributed by atoms with Gasteiger partial charge in [-0.05, 0) is 31.7 Å². The van der Waals surface area contributed by atoms with Crippen LogP contribution in [0.4, 0.5) is 0 Å². The Morgan fingerprint density at radius 2 is 1.73 bits per heavy atom. The number of hydrogen-bond donors (Lipinski definition) is 1. The van der Waals surface area contributed by atoms with Crippen molar-refractivity contribution in [1.29, 1.82) is 0 Å². The van der Waals surface area contributed by atoms with E-state index in [1.807, 2.05) is 57.2 Å². The second-order valence-corrected chi connectivity index (χ2v) is 10.8. The topological polar surface area (TPSA) is 79.0 Å². The largest absolute Gasteiger partial charge is 0.507 e. The molecule has 7 heteroatoms. The molecule has 1 N–H and O–H groups in total. The van der Waals surface area contributed by atoms with Gasteiger partial charge in [0.25, 0.3) is 0 Å². The standard InChI is InChI=1S/C30H35N3O4/c1-6-36-29(35)24-22-23(25(19-11-13-31-14-12-19)33-17-15-32(5)16-18-33)26(34)20-9-7-8-10-21(20)27(22)37-28(24)30(2,3)4/h7-14,25,34H,6,15-18H2,1-5H3. The molecule has 0 spiro atoms. The van der Waals surface area contributed by atoms with Crippen molar-refractivity contribution in [2.75, 3.05) is 39.8 Å². The molecule has 194 valence electrons. The van der Waals surface area contributed by atoms with Crippen molar-refractivity contribution in [1.82, 2.24) is 14.8 Å². The monoisotopic (exact) mass is 501 g/mol. The van der Waals surface area contributed by atoms with Gasteiger partial charge in [0.15, 0.2) is 0 Å². The van der Waals surface area contributed by atoms with Crippen LogP contribution in [-0.4, -0.2) is 65.7 Å². The van der Waals surface area contributed by atoms with E-state index in [9.17, 15) is 9.90 Å². The number of piperazine rings is 1. The third kappa shape index (κ3) is 4.47. The number of pyridine rings is 1. The molecule has 0 aliphatic carbocycles. The molecule has 1 unspecified atom stereocenters. The maximum atomic E-state index is 13.6. The second-order valence-electron chi connectivity index (χ2n) is 10.8. The molecule has 1 fully saturated rings. The van der Waals surface area contributed by atoms with Crippen molar-refractivity contribution in [3.05, 3.63) is 71.2 Å². The van der Waals surface area contributed by atoms with Crippen LogP contribution in [-0.2, 0) is 10.2 Å². The lowest BCUT2D eigenvalue weighted by molar-refractivity contribution is 0.0523. The van der Waals surface area contributed by atoms with E-state index in [0.29, 0.717) is 33.2 Å². The van der Waals surface area contributed by atoms with Crippen LogP contribution in [0.1, 0.15) is 61.0 Å². The SMILES string of the molecule is CCOC(=O)c1c(C(C)(C)C)oc2c1c(C(c1ccncc1)N1CCN(C)CC1)c(O)c1ccccc12. The molecule has 7 nitrogen and oxygen atoms in total. The number of ether oxygens (including phenoxy) is 1. The average molecular weight is 502 g/mol. The van der Waals surface area contributed by atoms with Crippen LogP contribution in [0.25, 0.3) is 21.7 Å². The first kappa shape index (κ1) is 25.2. The van der Waals surface area contributed by atoms with Gasteiger partial charge in [-0.15, -0.1) is 0 Å². The van der Waals surface area contributed by atoms with Crippen molar-refractivity contribution >= 4 is 27.7 Å². The number of aromatic hydroxyl groups is 1. The molecule has 0 amide bonds. The Kier molecular flexibility index (Phi) is 6.68. The lowest BCUT2D eigenvalue weighted by Gasteiger charge is -2.39. The Labute approximate surface area is 217 Å². The highest BCUT2D eigenvalue weighted by Crippen LogP contribution is 2.49. The number of fused-ring (bicyclic) bond motifs is 3. The summed E-state index contributed by atoms with van der Waals surface area (Å²) in [6, 6.07) is 11.3. The molecule has 3 heterocycles. The van der Waals surface area contributed by atoms with Crippen LogP contribution in [0.5, 0.6) is 5.75 Å².